The van der Waals surface area contributed by atoms with Crippen molar-refractivity contribution in [2.24, 2.45) is 0 Å². The molecule has 2 rings (SSSR count). The number of aromatic carboxylic acids is 2. The van der Waals surface area contributed by atoms with Crippen LogP contribution in [-0.2, 0) is 5.07 Å². The predicted molar refractivity (Wildman–Crippen MR) is 83.1 cm³/mol. The van der Waals surface area contributed by atoms with Crippen molar-refractivity contribution >= 4 is 17.0 Å². The SMILES string of the molecule is O=C([O-])c1cc(O)c(O)c(O)c1.O=C([O-])c1cc(O)c(O)c(O)c1.O=[S](=O)(O)[La+2]. The van der Waals surface area contributed by atoms with Crippen molar-refractivity contribution in [2.45, 2.75) is 0 Å². The Morgan fingerprint density at radius 1 is 0.690 bits per heavy atom. The Balaban J connectivity index is 0.000000442. The topological polar surface area (TPSA) is 256 Å². The van der Waals surface area contributed by atoms with E-state index in [0.717, 1.165) is 24.3 Å². The third kappa shape index (κ3) is 9.86. The molecule has 0 amide bonds. The molecule has 0 saturated heterocycles. The van der Waals surface area contributed by atoms with Crippen molar-refractivity contribution in [3.63, 3.8) is 0 Å². The number of benzene rings is 2. The summed E-state index contributed by atoms with van der Waals surface area (Å²) in [6.07, 6.45) is 0. The van der Waals surface area contributed by atoms with Crippen molar-refractivity contribution in [3.8, 4) is 34.5 Å². The van der Waals surface area contributed by atoms with Crippen molar-refractivity contribution in [1.29, 1.82) is 0 Å². The van der Waals surface area contributed by atoms with Crippen molar-refractivity contribution < 1.29 is 95.4 Å². The van der Waals surface area contributed by atoms with Crippen LogP contribution in [0, 0.1) is 32.0 Å². The van der Waals surface area contributed by atoms with Gasteiger partial charge in [0.25, 0.3) is 0 Å². The second-order valence-corrected chi connectivity index (χ2v) is 11.5. The molecule has 0 aliphatic carbocycles. The van der Waals surface area contributed by atoms with Crippen LogP contribution in [0.15, 0.2) is 24.3 Å². The molecule has 0 unspecified atom stereocenters. The van der Waals surface area contributed by atoms with Gasteiger partial charge < -0.3 is 50.4 Å². The zero-order chi connectivity index (χ0) is 23.1. The van der Waals surface area contributed by atoms with Crippen LogP contribution in [0.1, 0.15) is 20.7 Å². The summed E-state index contributed by atoms with van der Waals surface area (Å²) in [5.41, 5.74) is -0.800. The van der Waals surface area contributed by atoms with E-state index in [4.69, 9.17) is 35.2 Å². The number of carboxylic acids is 2. The van der Waals surface area contributed by atoms with Gasteiger partial charge in [-0.25, -0.2) is 0 Å². The summed E-state index contributed by atoms with van der Waals surface area (Å²) in [5, 5.41) is 69.8. The van der Waals surface area contributed by atoms with Crippen LogP contribution < -0.4 is 10.2 Å². The second kappa shape index (κ2) is 10.7. The van der Waals surface area contributed by atoms with Crippen LogP contribution in [0.2, 0.25) is 0 Å². The molecule has 0 bridgehead atoms. The molecule has 0 atom stereocenters. The maximum absolute atomic E-state index is 10.2. The summed E-state index contributed by atoms with van der Waals surface area (Å²) < 4.78 is 26.1. The molecule has 0 aliphatic heterocycles. The molecule has 0 spiro atoms. The molecule has 7 N–H and O–H groups in total. The van der Waals surface area contributed by atoms with Gasteiger partial charge in [0.2, 0.25) is 0 Å². The van der Waals surface area contributed by atoms with E-state index in [9.17, 15) is 28.2 Å². The molecule has 0 saturated carbocycles. The predicted octanol–water partition coefficient (Wildman–Crippen LogP) is -2.33. The van der Waals surface area contributed by atoms with Gasteiger partial charge in [-0.1, -0.05) is 0 Å². The van der Waals surface area contributed by atoms with Crippen molar-refractivity contribution in [1.82, 2.24) is 0 Å². The average molecular weight is 558 g/mol. The van der Waals surface area contributed by atoms with Gasteiger partial charge in [0.1, 0.15) is 0 Å². The molecule has 0 aromatic heterocycles. The molecular formula is C14H11LaO13S. The molecule has 0 aliphatic rings. The number of rotatable bonds is 2. The first kappa shape index (κ1) is 26.3. The molecule has 0 radical (unpaired) electrons. The Hall–Kier alpha value is -2.72. The van der Waals surface area contributed by atoms with Gasteiger partial charge >= 0.3 is 50.0 Å². The first-order chi connectivity index (χ1) is 13.0. The second-order valence-electron chi connectivity index (χ2n) is 4.82. The van der Waals surface area contributed by atoms with Gasteiger partial charge in [0, 0.05) is 11.1 Å². The summed E-state index contributed by atoms with van der Waals surface area (Å²) in [6, 6.07) is 3.13. The molecule has 2 aromatic rings. The number of phenolic OH excluding ortho intramolecular Hbond substituents is 6. The number of hydrogen-bond donors (Lipinski definition) is 7. The van der Waals surface area contributed by atoms with Gasteiger partial charge in [-0.05, 0) is 24.3 Å². The van der Waals surface area contributed by atoms with Gasteiger partial charge in [0.05, 0.1) is 11.9 Å². The van der Waals surface area contributed by atoms with Crippen LogP contribution >= 0.6 is 0 Å². The fraction of sp³-hybridized carbons (Fsp3) is 0. The minimum absolute atomic E-state index is 0.340. The standard InChI is InChI=1S/2C7H6O5.La.HO3S/c2*8-4-1-3(7(11)12)2-5(9)6(4)10;;1-4(2)3/h2*1-2,8-10H,(H,11,12);;(H,1,2,3)/q;;+2;/p-2. The van der Waals surface area contributed by atoms with Gasteiger partial charge in [-0.2, -0.15) is 0 Å². The summed E-state index contributed by atoms with van der Waals surface area (Å²) in [6.45, 7) is 0. The van der Waals surface area contributed by atoms with Crippen LogP contribution in [0.4, 0.5) is 0 Å². The normalized spacial score (nSPS) is 10.0. The van der Waals surface area contributed by atoms with Crippen LogP contribution in [-0.4, -0.2) is 55.5 Å². The quantitative estimate of drug-likeness (QED) is 0.151. The van der Waals surface area contributed by atoms with E-state index >= 15 is 0 Å². The molecule has 154 valence electrons. The van der Waals surface area contributed by atoms with E-state index in [1.165, 1.54) is 0 Å². The molecule has 15 heteroatoms. The number of phenols is 6. The number of hydrogen-bond acceptors (Lipinski definition) is 12. The summed E-state index contributed by atoms with van der Waals surface area (Å²) >= 11 is -0.340. The van der Waals surface area contributed by atoms with E-state index in [1.807, 2.05) is 0 Å². The fourth-order valence-electron chi connectivity index (χ4n) is 1.44. The van der Waals surface area contributed by atoms with Crippen molar-refractivity contribution in [2.75, 3.05) is 0 Å². The van der Waals surface area contributed by atoms with E-state index in [2.05, 4.69) is 0 Å². The van der Waals surface area contributed by atoms with Crippen LogP contribution in [0.5, 0.6) is 34.5 Å². The van der Waals surface area contributed by atoms with E-state index in [0.29, 0.717) is 0 Å². The molecule has 0 fully saturated rings. The monoisotopic (exact) mass is 558 g/mol. The van der Waals surface area contributed by atoms with E-state index in [1.54, 1.807) is 0 Å². The fourth-order valence-corrected chi connectivity index (χ4v) is 1.44. The van der Waals surface area contributed by atoms with Gasteiger partial charge in [-0.3, -0.25) is 0 Å². The summed E-state index contributed by atoms with van der Waals surface area (Å²) in [7, 11) is 0. The van der Waals surface area contributed by atoms with Crippen LogP contribution in [0.25, 0.3) is 0 Å². The summed E-state index contributed by atoms with van der Waals surface area (Å²) in [4.78, 5) is 20.4. The van der Waals surface area contributed by atoms with Gasteiger partial charge in [0.15, 0.2) is 34.5 Å². The third-order valence-electron chi connectivity index (χ3n) is 2.61. The van der Waals surface area contributed by atoms with E-state index < -0.39 is 62.6 Å². The molecule has 13 nitrogen and oxygen atoms in total. The molecule has 29 heavy (non-hydrogen) atoms. The number of aromatic hydroxyl groups is 6. The van der Waals surface area contributed by atoms with Crippen LogP contribution in [0.3, 0.4) is 0 Å². The average Bonchev–Trinajstić information content (AvgIpc) is 2.55. The minimum atomic E-state index is -3.50. The molecule has 2 aromatic carbocycles. The number of carbonyl (C=O) groups excluding carboxylic acids is 2. The Kier molecular flexibility index (Phi) is 9.72. The summed E-state index contributed by atoms with van der Waals surface area (Å²) in [5.74, 6) is -7.38. The van der Waals surface area contributed by atoms with Crippen molar-refractivity contribution in [3.05, 3.63) is 35.4 Å². The first-order valence-corrected chi connectivity index (χ1v) is 12.7. The zero-order valence-corrected chi connectivity index (χ0v) is 18.3. The number of carboxylic acid groups (broad SMARTS) is 2. The Morgan fingerprint density at radius 3 is 1.00 bits per heavy atom. The Morgan fingerprint density at radius 2 is 0.862 bits per heavy atom. The van der Waals surface area contributed by atoms with Gasteiger partial charge in [-0.15, -0.1) is 0 Å². The Labute approximate surface area is 181 Å². The third-order valence-corrected chi connectivity index (χ3v) is 2.61. The van der Waals surface area contributed by atoms with E-state index in [-0.39, 0.29) is 32.0 Å². The maximum atomic E-state index is 10.2. The zero-order valence-electron chi connectivity index (χ0n) is 13.9. The first-order valence-electron chi connectivity index (χ1n) is 6.72. The molecular weight excluding hydrogens is 547 g/mol. The Bertz CT molecular complexity index is 895. The number of carbonyl (C=O) groups is 2. The molecule has 0 heterocycles.